The van der Waals surface area contributed by atoms with Gasteiger partial charge in [-0.25, -0.2) is 4.79 Å². The molecule has 5 nitrogen and oxygen atoms in total. The molecule has 5 heteroatoms. The van der Waals surface area contributed by atoms with E-state index in [2.05, 4.69) is 0 Å². The molecule has 0 bridgehead atoms. The highest BCUT2D eigenvalue weighted by Gasteiger charge is 2.29. The Bertz CT molecular complexity index is 502. The first-order chi connectivity index (χ1) is 9.99. The number of likely N-dealkylation sites (tertiary alicyclic amines) is 1. The van der Waals surface area contributed by atoms with E-state index in [1.807, 2.05) is 18.7 Å². The van der Waals surface area contributed by atoms with Gasteiger partial charge in [-0.3, -0.25) is 4.79 Å². The molecule has 1 amide bonds. The second kappa shape index (κ2) is 6.61. The number of carbonyl (C=O) groups excluding carboxylic acids is 2. The predicted octanol–water partition coefficient (Wildman–Crippen LogP) is 2.34. The van der Waals surface area contributed by atoms with Crippen LogP contribution in [-0.2, 0) is 9.53 Å². The lowest BCUT2D eigenvalue weighted by Gasteiger charge is -2.38. The summed E-state index contributed by atoms with van der Waals surface area (Å²) in [7, 11) is 0. The van der Waals surface area contributed by atoms with Crippen molar-refractivity contribution in [2.45, 2.75) is 45.2 Å². The molecule has 1 heterocycles. The third-order valence-electron chi connectivity index (χ3n) is 3.91. The second-order valence-corrected chi connectivity index (χ2v) is 5.55. The number of ether oxygens (including phenoxy) is 1. The maximum Gasteiger partial charge on any atom is 0.338 e. The normalized spacial score (nSPS) is 21.9. The Morgan fingerprint density at radius 3 is 2.33 bits per heavy atom. The predicted molar refractivity (Wildman–Crippen MR) is 78.0 cm³/mol. The maximum atomic E-state index is 12.2. The van der Waals surface area contributed by atoms with Crippen LogP contribution < -0.4 is 0 Å². The third kappa shape index (κ3) is 3.74. The summed E-state index contributed by atoms with van der Waals surface area (Å²) < 4.78 is 5.07. The lowest BCUT2D eigenvalue weighted by Crippen LogP contribution is -2.49. The first-order valence-corrected chi connectivity index (χ1v) is 7.26. The number of hydrogen-bond donors (Lipinski definition) is 1. The SMILES string of the molecule is C[C@@H]1CCC[C@@H](C)N1C(=O)COC(=O)c1ccc(O)cc1. The zero-order valence-electron chi connectivity index (χ0n) is 12.4. The summed E-state index contributed by atoms with van der Waals surface area (Å²) in [6.45, 7) is 3.80. The maximum absolute atomic E-state index is 12.2. The summed E-state index contributed by atoms with van der Waals surface area (Å²) in [6, 6.07) is 6.13. The highest BCUT2D eigenvalue weighted by molar-refractivity contribution is 5.91. The van der Waals surface area contributed by atoms with Gasteiger partial charge in [0.1, 0.15) is 5.75 Å². The zero-order valence-corrected chi connectivity index (χ0v) is 12.4. The number of aromatic hydroxyl groups is 1. The molecule has 0 aliphatic carbocycles. The molecule has 1 aliphatic rings. The van der Waals surface area contributed by atoms with Crippen LogP contribution in [0.2, 0.25) is 0 Å². The average molecular weight is 291 g/mol. The van der Waals surface area contributed by atoms with Crippen LogP contribution >= 0.6 is 0 Å². The first kappa shape index (κ1) is 15.4. The molecule has 0 unspecified atom stereocenters. The minimum atomic E-state index is -0.555. The minimum absolute atomic E-state index is 0.0820. The van der Waals surface area contributed by atoms with Gasteiger partial charge in [-0.2, -0.15) is 0 Å². The van der Waals surface area contributed by atoms with Gasteiger partial charge in [0.25, 0.3) is 5.91 Å². The fourth-order valence-corrected chi connectivity index (χ4v) is 2.80. The number of benzene rings is 1. The van der Waals surface area contributed by atoms with E-state index in [1.165, 1.54) is 24.3 Å². The van der Waals surface area contributed by atoms with Crippen molar-refractivity contribution in [3.63, 3.8) is 0 Å². The average Bonchev–Trinajstić information content (AvgIpc) is 2.45. The van der Waals surface area contributed by atoms with E-state index in [9.17, 15) is 14.7 Å². The zero-order chi connectivity index (χ0) is 15.4. The molecular weight excluding hydrogens is 270 g/mol. The Morgan fingerprint density at radius 1 is 1.19 bits per heavy atom. The monoisotopic (exact) mass is 291 g/mol. The smallest absolute Gasteiger partial charge is 0.338 e. The van der Waals surface area contributed by atoms with Crippen LogP contribution in [0.15, 0.2) is 24.3 Å². The quantitative estimate of drug-likeness (QED) is 0.868. The van der Waals surface area contributed by atoms with E-state index in [-0.39, 0.29) is 30.3 Å². The van der Waals surface area contributed by atoms with Crippen molar-refractivity contribution in [2.75, 3.05) is 6.61 Å². The molecule has 1 aromatic rings. The Labute approximate surface area is 124 Å². The molecule has 0 spiro atoms. The molecule has 0 aromatic heterocycles. The highest BCUT2D eigenvalue weighted by Crippen LogP contribution is 2.22. The lowest BCUT2D eigenvalue weighted by atomic mass is 9.97. The van der Waals surface area contributed by atoms with Crippen LogP contribution in [0.1, 0.15) is 43.5 Å². The molecule has 0 saturated carbocycles. The van der Waals surface area contributed by atoms with Crippen molar-refractivity contribution >= 4 is 11.9 Å². The fraction of sp³-hybridized carbons (Fsp3) is 0.500. The lowest BCUT2D eigenvalue weighted by molar-refractivity contribution is -0.140. The van der Waals surface area contributed by atoms with E-state index in [1.54, 1.807) is 0 Å². The molecule has 2 atom stereocenters. The van der Waals surface area contributed by atoms with Crippen molar-refractivity contribution in [3.8, 4) is 5.75 Å². The first-order valence-electron chi connectivity index (χ1n) is 7.26. The third-order valence-corrected chi connectivity index (χ3v) is 3.91. The summed E-state index contributed by atoms with van der Waals surface area (Å²) in [5, 5.41) is 9.17. The minimum Gasteiger partial charge on any atom is -0.508 e. The molecule has 1 aromatic carbocycles. The molecule has 114 valence electrons. The van der Waals surface area contributed by atoms with E-state index in [0.29, 0.717) is 5.56 Å². The van der Waals surface area contributed by atoms with Gasteiger partial charge >= 0.3 is 5.97 Å². The summed E-state index contributed by atoms with van der Waals surface area (Å²) in [5.74, 6) is -0.624. The van der Waals surface area contributed by atoms with Gasteiger partial charge in [0, 0.05) is 12.1 Å². The van der Waals surface area contributed by atoms with Crippen LogP contribution in [0.4, 0.5) is 0 Å². The molecule has 0 radical (unpaired) electrons. The van der Waals surface area contributed by atoms with Crippen LogP contribution in [0.25, 0.3) is 0 Å². The van der Waals surface area contributed by atoms with Gasteiger partial charge in [-0.05, 0) is 57.4 Å². The fourth-order valence-electron chi connectivity index (χ4n) is 2.80. The van der Waals surface area contributed by atoms with Gasteiger partial charge < -0.3 is 14.7 Å². The topological polar surface area (TPSA) is 66.8 Å². The number of hydrogen-bond acceptors (Lipinski definition) is 4. The Balaban J connectivity index is 1.91. The number of carbonyl (C=O) groups is 2. The number of rotatable bonds is 3. The van der Waals surface area contributed by atoms with Crippen LogP contribution in [0.3, 0.4) is 0 Å². The summed E-state index contributed by atoms with van der Waals surface area (Å²) in [6.07, 6.45) is 3.10. The van der Waals surface area contributed by atoms with Gasteiger partial charge in [0.15, 0.2) is 6.61 Å². The Hall–Kier alpha value is -2.04. The van der Waals surface area contributed by atoms with E-state index in [4.69, 9.17) is 4.74 Å². The molecule has 1 N–H and O–H groups in total. The highest BCUT2D eigenvalue weighted by atomic mass is 16.5. The second-order valence-electron chi connectivity index (χ2n) is 5.55. The van der Waals surface area contributed by atoms with E-state index < -0.39 is 5.97 Å². The van der Waals surface area contributed by atoms with Crippen molar-refractivity contribution in [3.05, 3.63) is 29.8 Å². The number of esters is 1. The van der Waals surface area contributed by atoms with Crippen molar-refractivity contribution in [1.82, 2.24) is 4.90 Å². The molecule has 21 heavy (non-hydrogen) atoms. The van der Waals surface area contributed by atoms with Crippen molar-refractivity contribution in [1.29, 1.82) is 0 Å². The molecule has 2 rings (SSSR count). The molecular formula is C16H21NO4. The number of nitrogens with zero attached hydrogens (tertiary/aromatic N) is 1. The van der Waals surface area contributed by atoms with Gasteiger partial charge in [0.05, 0.1) is 5.56 Å². The Morgan fingerprint density at radius 2 is 1.76 bits per heavy atom. The summed E-state index contributed by atoms with van der Waals surface area (Å²) in [5.41, 5.74) is 0.320. The van der Waals surface area contributed by atoms with E-state index >= 15 is 0 Å². The van der Waals surface area contributed by atoms with Gasteiger partial charge in [-0.1, -0.05) is 0 Å². The van der Waals surface area contributed by atoms with Crippen molar-refractivity contribution < 1.29 is 19.4 Å². The Kier molecular flexibility index (Phi) is 4.83. The number of phenolic OH excluding ortho intramolecular Hbond substituents is 1. The molecule has 1 fully saturated rings. The molecule has 1 saturated heterocycles. The standard InChI is InChI=1S/C16H21NO4/c1-11-4-3-5-12(2)17(11)15(19)10-21-16(20)13-6-8-14(18)9-7-13/h6-9,11-12,18H,3-5,10H2,1-2H3/t11-,12-/m1/s1. The van der Waals surface area contributed by atoms with Gasteiger partial charge in [-0.15, -0.1) is 0 Å². The summed E-state index contributed by atoms with van der Waals surface area (Å²) in [4.78, 5) is 25.9. The van der Waals surface area contributed by atoms with Crippen LogP contribution in [0.5, 0.6) is 5.75 Å². The van der Waals surface area contributed by atoms with Crippen molar-refractivity contribution in [2.24, 2.45) is 0 Å². The van der Waals surface area contributed by atoms with Crippen LogP contribution in [0, 0.1) is 0 Å². The number of phenols is 1. The number of piperidine rings is 1. The largest absolute Gasteiger partial charge is 0.508 e. The summed E-state index contributed by atoms with van der Waals surface area (Å²) >= 11 is 0. The number of amides is 1. The van der Waals surface area contributed by atoms with Gasteiger partial charge in [0.2, 0.25) is 0 Å². The van der Waals surface area contributed by atoms with E-state index in [0.717, 1.165) is 19.3 Å². The molecule has 1 aliphatic heterocycles. The van der Waals surface area contributed by atoms with Crippen LogP contribution in [-0.4, -0.2) is 40.6 Å².